The van der Waals surface area contributed by atoms with E-state index in [2.05, 4.69) is 22.3 Å². The second-order valence-corrected chi connectivity index (χ2v) is 5.85. The summed E-state index contributed by atoms with van der Waals surface area (Å²) < 4.78 is 0. The Morgan fingerprint density at radius 3 is 2.25 bits per heavy atom. The van der Waals surface area contributed by atoms with E-state index in [0.29, 0.717) is 12.1 Å². The maximum atomic E-state index is 12.1. The van der Waals surface area contributed by atoms with Gasteiger partial charge in [-0.05, 0) is 42.7 Å². The standard InChI is InChI=1S/C18H19N3O3/c22-18(15-5-9-17(10-6-15)21(23)24)19-13-14-3-7-16(8-4-14)20-11-1-2-12-20/h3-10H,1-2,11-13H2,(H,19,22). The van der Waals surface area contributed by atoms with Crippen LogP contribution in [0, 0.1) is 10.1 Å². The Balaban J connectivity index is 1.56. The molecule has 6 nitrogen and oxygen atoms in total. The van der Waals surface area contributed by atoms with Crippen LogP contribution in [0.4, 0.5) is 11.4 Å². The monoisotopic (exact) mass is 325 g/mol. The minimum absolute atomic E-state index is 0.0240. The van der Waals surface area contributed by atoms with Crippen molar-refractivity contribution in [2.45, 2.75) is 19.4 Å². The van der Waals surface area contributed by atoms with Crippen LogP contribution >= 0.6 is 0 Å². The van der Waals surface area contributed by atoms with Crippen molar-refractivity contribution in [1.82, 2.24) is 5.32 Å². The van der Waals surface area contributed by atoms with Crippen LogP contribution in [0.15, 0.2) is 48.5 Å². The van der Waals surface area contributed by atoms with Gasteiger partial charge in [0.25, 0.3) is 11.6 Å². The van der Waals surface area contributed by atoms with E-state index in [1.54, 1.807) is 0 Å². The lowest BCUT2D eigenvalue weighted by atomic mass is 10.1. The number of anilines is 1. The van der Waals surface area contributed by atoms with E-state index in [1.807, 2.05) is 12.1 Å². The Kier molecular flexibility index (Phi) is 4.74. The zero-order valence-corrected chi connectivity index (χ0v) is 13.3. The summed E-state index contributed by atoms with van der Waals surface area (Å²) in [6.45, 7) is 2.64. The summed E-state index contributed by atoms with van der Waals surface area (Å²) in [5, 5.41) is 13.4. The molecule has 1 fully saturated rings. The molecule has 2 aromatic carbocycles. The number of amides is 1. The van der Waals surface area contributed by atoms with Crippen LogP contribution in [0.2, 0.25) is 0 Å². The Hall–Kier alpha value is -2.89. The number of non-ortho nitro benzene ring substituents is 1. The van der Waals surface area contributed by atoms with E-state index >= 15 is 0 Å². The molecule has 24 heavy (non-hydrogen) atoms. The average molecular weight is 325 g/mol. The Morgan fingerprint density at radius 1 is 1.04 bits per heavy atom. The van der Waals surface area contributed by atoms with Crippen LogP contribution in [0.1, 0.15) is 28.8 Å². The van der Waals surface area contributed by atoms with E-state index < -0.39 is 4.92 Å². The first-order valence-corrected chi connectivity index (χ1v) is 8.00. The molecule has 6 heteroatoms. The van der Waals surface area contributed by atoms with Gasteiger partial charge in [0.2, 0.25) is 0 Å². The highest BCUT2D eigenvalue weighted by molar-refractivity contribution is 5.94. The molecule has 1 heterocycles. The Bertz CT molecular complexity index is 720. The van der Waals surface area contributed by atoms with Crippen LogP contribution in [-0.4, -0.2) is 23.9 Å². The maximum absolute atomic E-state index is 12.1. The van der Waals surface area contributed by atoms with E-state index in [4.69, 9.17) is 0 Å². The molecule has 1 aliphatic heterocycles. The maximum Gasteiger partial charge on any atom is 0.269 e. The number of nitro benzene ring substituents is 1. The second kappa shape index (κ2) is 7.12. The van der Waals surface area contributed by atoms with Crippen molar-refractivity contribution in [2.75, 3.05) is 18.0 Å². The van der Waals surface area contributed by atoms with Crippen molar-refractivity contribution in [2.24, 2.45) is 0 Å². The number of nitrogens with one attached hydrogen (secondary N) is 1. The van der Waals surface area contributed by atoms with Gasteiger partial charge in [0.15, 0.2) is 0 Å². The molecule has 3 rings (SSSR count). The molecule has 0 unspecified atom stereocenters. The highest BCUT2D eigenvalue weighted by Crippen LogP contribution is 2.20. The highest BCUT2D eigenvalue weighted by atomic mass is 16.6. The predicted octanol–water partition coefficient (Wildman–Crippen LogP) is 3.13. The van der Waals surface area contributed by atoms with E-state index in [9.17, 15) is 14.9 Å². The number of nitrogens with zero attached hydrogens (tertiary/aromatic N) is 2. The number of hydrogen-bond acceptors (Lipinski definition) is 4. The number of carbonyl (C=O) groups excluding carboxylic acids is 1. The smallest absolute Gasteiger partial charge is 0.269 e. The van der Waals surface area contributed by atoms with Crippen molar-refractivity contribution >= 4 is 17.3 Å². The molecule has 1 saturated heterocycles. The summed E-state index contributed by atoms with van der Waals surface area (Å²) in [5.41, 5.74) is 2.63. The van der Waals surface area contributed by atoms with Gasteiger partial charge in [-0.2, -0.15) is 0 Å². The van der Waals surface area contributed by atoms with Gasteiger partial charge in [0, 0.05) is 43.0 Å². The third-order valence-electron chi connectivity index (χ3n) is 4.20. The third kappa shape index (κ3) is 3.71. The summed E-state index contributed by atoms with van der Waals surface area (Å²) in [6.07, 6.45) is 2.49. The zero-order valence-electron chi connectivity index (χ0n) is 13.3. The molecule has 1 amide bonds. The first-order valence-electron chi connectivity index (χ1n) is 8.00. The molecule has 0 aromatic heterocycles. The van der Waals surface area contributed by atoms with Crippen molar-refractivity contribution in [3.8, 4) is 0 Å². The molecular formula is C18H19N3O3. The topological polar surface area (TPSA) is 75.5 Å². The van der Waals surface area contributed by atoms with Gasteiger partial charge in [-0.15, -0.1) is 0 Å². The van der Waals surface area contributed by atoms with Gasteiger partial charge in [0.05, 0.1) is 4.92 Å². The largest absolute Gasteiger partial charge is 0.372 e. The molecule has 0 bridgehead atoms. The van der Waals surface area contributed by atoms with Crippen LogP contribution in [-0.2, 0) is 6.54 Å². The second-order valence-electron chi connectivity index (χ2n) is 5.85. The number of nitro groups is 1. The molecule has 0 saturated carbocycles. The molecule has 0 atom stereocenters. The normalized spacial score (nSPS) is 13.8. The molecule has 0 spiro atoms. The molecule has 0 aliphatic carbocycles. The molecular weight excluding hydrogens is 306 g/mol. The predicted molar refractivity (Wildman–Crippen MR) is 92.2 cm³/mol. The fourth-order valence-corrected chi connectivity index (χ4v) is 2.82. The zero-order chi connectivity index (χ0) is 16.9. The number of rotatable bonds is 5. The van der Waals surface area contributed by atoms with Crippen LogP contribution in [0.5, 0.6) is 0 Å². The summed E-state index contributed by atoms with van der Waals surface area (Å²) in [4.78, 5) is 24.6. The fourth-order valence-electron chi connectivity index (χ4n) is 2.82. The number of hydrogen-bond donors (Lipinski definition) is 1. The minimum Gasteiger partial charge on any atom is -0.372 e. The molecule has 1 aliphatic rings. The number of carbonyl (C=O) groups is 1. The lowest BCUT2D eigenvalue weighted by Crippen LogP contribution is -2.23. The first-order chi connectivity index (χ1) is 11.6. The summed E-state index contributed by atoms with van der Waals surface area (Å²) in [5.74, 6) is -0.242. The summed E-state index contributed by atoms with van der Waals surface area (Å²) in [7, 11) is 0. The minimum atomic E-state index is -0.483. The quantitative estimate of drug-likeness (QED) is 0.677. The lowest BCUT2D eigenvalue weighted by Gasteiger charge is -2.17. The van der Waals surface area contributed by atoms with E-state index in [1.165, 1.54) is 42.8 Å². The van der Waals surface area contributed by atoms with Gasteiger partial charge >= 0.3 is 0 Å². The van der Waals surface area contributed by atoms with Crippen molar-refractivity contribution in [3.63, 3.8) is 0 Å². The average Bonchev–Trinajstić information content (AvgIpc) is 3.15. The van der Waals surface area contributed by atoms with Crippen LogP contribution < -0.4 is 10.2 Å². The summed E-state index contributed by atoms with van der Waals surface area (Å²) in [6, 6.07) is 13.8. The SMILES string of the molecule is O=C(NCc1ccc(N2CCCC2)cc1)c1ccc([N+](=O)[O-])cc1. The number of benzene rings is 2. The van der Waals surface area contributed by atoms with Gasteiger partial charge in [-0.1, -0.05) is 12.1 Å². The molecule has 2 aromatic rings. The third-order valence-corrected chi connectivity index (χ3v) is 4.20. The van der Waals surface area contributed by atoms with Crippen LogP contribution in [0.3, 0.4) is 0 Å². The molecule has 124 valence electrons. The van der Waals surface area contributed by atoms with Gasteiger partial charge in [0.1, 0.15) is 0 Å². The van der Waals surface area contributed by atoms with Crippen molar-refractivity contribution < 1.29 is 9.72 Å². The summed E-state index contributed by atoms with van der Waals surface area (Å²) >= 11 is 0. The Morgan fingerprint density at radius 2 is 1.67 bits per heavy atom. The van der Waals surface area contributed by atoms with Crippen molar-refractivity contribution in [3.05, 3.63) is 69.8 Å². The first kappa shape index (κ1) is 16.0. The van der Waals surface area contributed by atoms with Crippen molar-refractivity contribution in [1.29, 1.82) is 0 Å². The van der Waals surface area contributed by atoms with Crippen LogP contribution in [0.25, 0.3) is 0 Å². The van der Waals surface area contributed by atoms with Gasteiger partial charge in [-0.3, -0.25) is 14.9 Å². The highest BCUT2D eigenvalue weighted by Gasteiger charge is 2.12. The molecule has 1 N–H and O–H groups in total. The van der Waals surface area contributed by atoms with Gasteiger partial charge < -0.3 is 10.2 Å². The van der Waals surface area contributed by atoms with Gasteiger partial charge in [-0.25, -0.2) is 0 Å². The van der Waals surface area contributed by atoms with E-state index in [-0.39, 0.29) is 11.6 Å². The Labute approximate surface area is 140 Å². The molecule has 0 radical (unpaired) electrons. The fraction of sp³-hybridized carbons (Fsp3) is 0.278. The van der Waals surface area contributed by atoms with E-state index in [0.717, 1.165) is 18.7 Å². The lowest BCUT2D eigenvalue weighted by molar-refractivity contribution is -0.384.